The summed E-state index contributed by atoms with van der Waals surface area (Å²) in [6.07, 6.45) is -0.361. The predicted molar refractivity (Wildman–Crippen MR) is 65.4 cm³/mol. The maximum Gasteiger partial charge on any atom is 0.310 e. The molecule has 0 saturated heterocycles. The Morgan fingerprint density at radius 2 is 2.06 bits per heavy atom. The number of benzene rings is 1. The number of Topliss-reactive ketones (excluding diaryl/α,β-unsaturated/α-hetero) is 1. The Morgan fingerprint density at radius 3 is 2.35 bits per heavy atom. The minimum atomic E-state index is -1.06. The van der Waals surface area contributed by atoms with E-state index < -0.39 is 5.97 Å². The fourth-order valence-corrected chi connectivity index (χ4v) is 1.08. The minimum absolute atomic E-state index is 0.312. The van der Waals surface area contributed by atoms with Crippen molar-refractivity contribution in [2.45, 2.75) is 13.3 Å². The average molecular weight is 260 g/mol. The summed E-state index contributed by atoms with van der Waals surface area (Å²) >= 11 is 5.72. The van der Waals surface area contributed by atoms with Crippen LogP contribution in [-0.4, -0.2) is 24.0 Å². The molecule has 5 nitrogen and oxygen atoms in total. The first-order valence-electron chi connectivity index (χ1n) is 4.67. The van der Waals surface area contributed by atoms with E-state index in [9.17, 15) is 9.59 Å². The van der Waals surface area contributed by atoms with Crippen molar-refractivity contribution in [1.82, 2.24) is 0 Å². The van der Waals surface area contributed by atoms with E-state index in [0.29, 0.717) is 16.5 Å². The number of ketones is 1. The highest BCUT2D eigenvalue weighted by Crippen LogP contribution is 2.25. The summed E-state index contributed by atoms with van der Waals surface area (Å²) in [5.41, 5.74) is 6.12. The normalized spacial score (nSPS) is 8.88. The molecule has 6 heteroatoms. The van der Waals surface area contributed by atoms with Crippen molar-refractivity contribution in [3.05, 3.63) is 23.2 Å². The summed E-state index contributed by atoms with van der Waals surface area (Å²) in [7, 11) is 1.56. The van der Waals surface area contributed by atoms with Crippen molar-refractivity contribution >= 4 is 29.0 Å². The molecule has 3 N–H and O–H groups in total. The van der Waals surface area contributed by atoms with Gasteiger partial charge >= 0.3 is 5.97 Å². The van der Waals surface area contributed by atoms with Gasteiger partial charge in [-0.2, -0.15) is 0 Å². The van der Waals surface area contributed by atoms with E-state index in [2.05, 4.69) is 0 Å². The predicted octanol–water partition coefficient (Wildman–Crippen LogP) is 1.98. The molecule has 1 aromatic carbocycles. The lowest BCUT2D eigenvalue weighted by molar-refractivity contribution is -0.139. The number of carbonyl (C=O) groups excluding carboxylic acids is 1. The molecule has 0 spiro atoms. The molecule has 0 fully saturated rings. The molecular weight excluding hydrogens is 246 g/mol. The molecule has 0 saturated carbocycles. The first-order valence-corrected chi connectivity index (χ1v) is 5.04. The van der Waals surface area contributed by atoms with Crippen LogP contribution in [0.2, 0.25) is 5.02 Å². The minimum Gasteiger partial charge on any atom is -0.495 e. The van der Waals surface area contributed by atoms with E-state index >= 15 is 0 Å². The average Bonchev–Trinajstić information content (AvgIpc) is 2.20. The standard InChI is InChI=1S/C7H8ClNO.C4H6O3/c1-10-7-4-5(9)2-3-6(7)8;1-3(5)2-4(6)7/h2-4H,9H2,1H3;2H2,1H3,(H,6,7). The number of carboxylic acids is 1. The van der Waals surface area contributed by atoms with Crippen LogP contribution in [0.25, 0.3) is 0 Å². The maximum atomic E-state index is 9.87. The molecule has 0 atom stereocenters. The lowest BCUT2D eigenvalue weighted by Gasteiger charge is -2.01. The van der Waals surface area contributed by atoms with Crippen molar-refractivity contribution in [1.29, 1.82) is 0 Å². The molecule has 0 heterocycles. The Labute approximate surface area is 104 Å². The third kappa shape index (κ3) is 7.19. The highest BCUT2D eigenvalue weighted by Gasteiger charge is 1.98. The fourth-order valence-electron chi connectivity index (χ4n) is 0.889. The molecule has 1 aromatic rings. The first kappa shape index (κ1) is 15.2. The van der Waals surface area contributed by atoms with Crippen LogP contribution in [0.3, 0.4) is 0 Å². The van der Waals surface area contributed by atoms with Crippen LogP contribution in [-0.2, 0) is 9.59 Å². The summed E-state index contributed by atoms with van der Waals surface area (Å²) in [6.45, 7) is 1.24. The number of carboxylic acid groups (broad SMARTS) is 1. The summed E-state index contributed by atoms with van der Waals surface area (Å²) in [4.78, 5) is 19.5. The van der Waals surface area contributed by atoms with Gasteiger partial charge in [0, 0.05) is 11.8 Å². The summed E-state index contributed by atoms with van der Waals surface area (Å²) in [5.74, 6) is -0.762. The number of nitrogens with two attached hydrogens (primary N) is 1. The second-order valence-corrected chi connectivity index (χ2v) is 3.57. The largest absolute Gasteiger partial charge is 0.495 e. The van der Waals surface area contributed by atoms with E-state index in [1.807, 2.05) is 0 Å². The van der Waals surface area contributed by atoms with Crippen LogP contribution in [0.4, 0.5) is 5.69 Å². The van der Waals surface area contributed by atoms with Gasteiger partial charge in [0.1, 0.15) is 18.0 Å². The van der Waals surface area contributed by atoms with Gasteiger partial charge < -0.3 is 15.6 Å². The number of hydrogen-bond acceptors (Lipinski definition) is 4. The van der Waals surface area contributed by atoms with Crippen LogP contribution in [0.5, 0.6) is 5.75 Å². The van der Waals surface area contributed by atoms with Crippen molar-refractivity contribution in [2.24, 2.45) is 0 Å². The Morgan fingerprint density at radius 1 is 1.47 bits per heavy atom. The van der Waals surface area contributed by atoms with Gasteiger partial charge in [-0.3, -0.25) is 9.59 Å². The number of aliphatic carboxylic acids is 1. The topological polar surface area (TPSA) is 89.6 Å². The lowest BCUT2D eigenvalue weighted by atomic mass is 10.3. The summed E-state index contributed by atoms with van der Waals surface area (Å²) in [5, 5.41) is 8.44. The third-order valence-corrected chi connectivity index (χ3v) is 1.89. The van der Waals surface area contributed by atoms with E-state index in [1.165, 1.54) is 6.92 Å². The van der Waals surface area contributed by atoms with Crippen molar-refractivity contribution in [2.75, 3.05) is 12.8 Å². The molecule has 0 radical (unpaired) electrons. The maximum absolute atomic E-state index is 9.87. The van der Waals surface area contributed by atoms with E-state index in [4.69, 9.17) is 27.2 Å². The number of hydrogen-bond donors (Lipinski definition) is 2. The van der Waals surface area contributed by atoms with Gasteiger partial charge in [-0.1, -0.05) is 11.6 Å². The van der Waals surface area contributed by atoms with E-state index in [0.717, 1.165) is 0 Å². The van der Waals surface area contributed by atoms with Crippen LogP contribution in [0.1, 0.15) is 13.3 Å². The van der Waals surface area contributed by atoms with Crippen LogP contribution < -0.4 is 10.5 Å². The Kier molecular flexibility index (Phi) is 6.74. The van der Waals surface area contributed by atoms with Gasteiger partial charge in [-0.15, -0.1) is 0 Å². The molecule has 0 amide bonds. The zero-order valence-electron chi connectivity index (χ0n) is 9.57. The molecule has 0 aliphatic carbocycles. The monoisotopic (exact) mass is 259 g/mol. The highest BCUT2D eigenvalue weighted by atomic mass is 35.5. The number of halogens is 1. The summed E-state index contributed by atoms with van der Waals surface area (Å²) < 4.78 is 4.91. The number of rotatable bonds is 3. The molecule has 0 aliphatic heterocycles. The van der Waals surface area contributed by atoms with Crippen LogP contribution in [0, 0.1) is 0 Å². The van der Waals surface area contributed by atoms with Crippen molar-refractivity contribution < 1.29 is 19.4 Å². The third-order valence-electron chi connectivity index (χ3n) is 1.58. The van der Waals surface area contributed by atoms with E-state index in [1.54, 1.807) is 25.3 Å². The molecule has 0 aliphatic rings. The quantitative estimate of drug-likeness (QED) is 0.640. The summed E-state index contributed by atoms with van der Waals surface area (Å²) in [6, 6.07) is 5.11. The van der Waals surface area contributed by atoms with Gasteiger partial charge in [-0.05, 0) is 19.1 Å². The number of carbonyl (C=O) groups is 2. The molecule has 17 heavy (non-hydrogen) atoms. The number of nitrogen functional groups attached to an aromatic ring is 1. The Balaban J connectivity index is 0.000000325. The Hall–Kier alpha value is -1.75. The van der Waals surface area contributed by atoms with Gasteiger partial charge in [-0.25, -0.2) is 0 Å². The molecule has 1 rings (SSSR count). The van der Waals surface area contributed by atoms with Gasteiger partial charge in [0.15, 0.2) is 0 Å². The van der Waals surface area contributed by atoms with Gasteiger partial charge in [0.25, 0.3) is 0 Å². The van der Waals surface area contributed by atoms with Crippen molar-refractivity contribution in [3.63, 3.8) is 0 Å². The molecule has 94 valence electrons. The smallest absolute Gasteiger partial charge is 0.310 e. The molecular formula is C11H14ClNO4. The second kappa shape index (κ2) is 7.51. The van der Waals surface area contributed by atoms with Gasteiger partial charge in [0.05, 0.1) is 12.1 Å². The Bertz CT molecular complexity index is 394. The number of anilines is 1. The number of methoxy groups -OCH3 is 1. The lowest BCUT2D eigenvalue weighted by Crippen LogP contribution is -2.00. The van der Waals surface area contributed by atoms with E-state index in [-0.39, 0.29) is 12.2 Å². The molecule has 0 aromatic heterocycles. The zero-order chi connectivity index (χ0) is 13.4. The SMILES string of the molecule is CC(=O)CC(=O)O.COc1cc(N)ccc1Cl. The molecule has 0 bridgehead atoms. The van der Waals surface area contributed by atoms with Crippen molar-refractivity contribution in [3.8, 4) is 5.75 Å². The second-order valence-electron chi connectivity index (χ2n) is 3.17. The zero-order valence-corrected chi connectivity index (χ0v) is 10.3. The van der Waals surface area contributed by atoms with Crippen LogP contribution in [0.15, 0.2) is 18.2 Å². The van der Waals surface area contributed by atoms with Gasteiger partial charge in [0.2, 0.25) is 0 Å². The van der Waals surface area contributed by atoms with Crippen LogP contribution >= 0.6 is 11.6 Å². The molecule has 0 unspecified atom stereocenters. The highest BCUT2D eigenvalue weighted by molar-refractivity contribution is 6.32. The first-order chi connectivity index (χ1) is 7.86. The number of ether oxygens (including phenoxy) is 1. The fraction of sp³-hybridized carbons (Fsp3) is 0.273.